The van der Waals surface area contributed by atoms with Crippen LogP contribution in [0, 0.1) is 0 Å². The summed E-state index contributed by atoms with van der Waals surface area (Å²) in [4.78, 5) is 0. The number of rotatable bonds is 5. The van der Waals surface area contributed by atoms with Crippen molar-refractivity contribution < 1.29 is 9.26 Å². The van der Waals surface area contributed by atoms with E-state index in [-0.39, 0.29) is 6.61 Å². The minimum Gasteiger partial charge on any atom is -0.489 e. The van der Waals surface area contributed by atoms with Crippen LogP contribution < -0.4 is 9.46 Å². The zero-order valence-electron chi connectivity index (χ0n) is 11.9. The van der Waals surface area contributed by atoms with Gasteiger partial charge in [-0.3, -0.25) is 0 Å². The highest BCUT2D eigenvalue weighted by Gasteiger charge is 2.12. The summed E-state index contributed by atoms with van der Waals surface area (Å²) in [6.07, 6.45) is 1.90. The molecular formula is C15H11Cl3N2O2S. The highest BCUT2D eigenvalue weighted by molar-refractivity contribution is 7.99. The van der Waals surface area contributed by atoms with Crippen molar-refractivity contribution in [1.29, 1.82) is 0 Å². The van der Waals surface area contributed by atoms with Crippen molar-refractivity contribution in [3.05, 3.63) is 51.0 Å². The lowest BCUT2D eigenvalue weighted by atomic mass is 10.2. The first-order valence-corrected chi connectivity index (χ1v) is 8.89. The summed E-state index contributed by atoms with van der Waals surface area (Å²) < 4.78 is 14.0. The van der Waals surface area contributed by atoms with Gasteiger partial charge in [-0.15, -0.1) is 0 Å². The quantitative estimate of drug-likeness (QED) is 0.538. The summed E-state index contributed by atoms with van der Waals surface area (Å²) in [5, 5.41) is 6.28. The van der Waals surface area contributed by atoms with Gasteiger partial charge in [0.25, 0.3) is 0 Å². The number of nitrogens with one attached hydrogen (secondary N) is 1. The molecule has 2 aromatic carbocycles. The number of anilines is 1. The predicted molar refractivity (Wildman–Crippen MR) is 97.0 cm³/mol. The number of nitrogens with zero attached hydrogens (tertiary/aromatic N) is 1. The van der Waals surface area contributed by atoms with Crippen LogP contribution in [0.15, 0.2) is 34.9 Å². The maximum absolute atomic E-state index is 6.32. The Bertz CT molecular complexity index is 854. The highest BCUT2D eigenvalue weighted by atomic mass is 35.5. The minimum absolute atomic E-state index is 0.277. The Morgan fingerprint density at radius 2 is 1.96 bits per heavy atom. The molecule has 0 bridgehead atoms. The number of benzene rings is 2. The number of aromatic nitrogens is 1. The lowest BCUT2D eigenvalue weighted by Crippen LogP contribution is -1.96. The molecule has 0 fully saturated rings. The molecule has 0 unspecified atom stereocenters. The Labute approximate surface area is 152 Å². The van der Waals surface area contributed by atoms with Gasteiger partial charge in [-0.05, 0) is 24.3 Å². The van der Waals surface area contributed by atoms with Crippen LogP contribution in [0.3, 0.4) is 0 Å². The first-order valence-electron chi connectivity index (χ1n) is 6.53. The summed E-state index contributed by atoms with van der Waals surface area (Å²) in [7, 11) is 0. The SMILES string of the molecule is CSNc1noc2cc(COc3ccc(Cl)c(Cl)c3)c(Cl)cc12. The molecule has 8 heteroatoms. The molecular weight excluding hydrogens is 379 g/mol. The van der Waals surface area contributed by atoms with Crippen LogP contribution in [0.25, 0.3) is 11.0 Å². The Morgan fingerprint density at radius 3 is 2.70 bits per heavy atom. The average molecular weight is 390 g/mol. The molecule has 0 saturated heterocycles. The fourth-order valence-corrected chi connectivity index (χ4v) is 2.86. The smallest absolute Gasteiger partial charge is 0.187 e. The van der Waals surface area contributed by atoms with Gasteiger partial charge in [0.1, 0.15) is 12.4 Å². The van der Waals surface area contributed by atoms with E-state index in [4.69, 9.17) is 44.1 Å². The monoisotopic (exact) mass is 388 g/mol. The fourth-order valence-electron chi connectivity index (χ4n) is 2.01. The molecule has 1 heterocycles. The Morgan fingerprint density at radius 1 is 1.13 bits per heavy atom. The van der Waals surface area contributed by atoms with E-state index < -0.39 is 0 Å². The maximum Gasteiger partial charge on any atom is 0.187 e. The fraction of sp³-hybridized carbons (Fsp3) is 0.133. The second-order valence-corrected chi connectivity index (χ2v) is 6.48. The number of hydrogen-bond acceptors (Lipinski definition) is 5. The van der Waals surface area contributed by atoms with Crippen molar-refractivity contribution in [1.82, 2.24) is 5.16 Å². The first kappa shape index (κ1) is 16.6. The third kappa shape index (κ3) is 3.63. The zero-order valence-corrected chi connectivity index (χ0v) is 15.0. The van der Waals surface area contributed by atoms with Gasteiger partial charge < -0.3 is 14.0 Å². The normalized spacial score (nSPS) is 11.0. The number of halogens is 3. The number of fused-ring (bicyclic) bond motifs is 1. The molecule has 0 amide bonds. The molecule has 0 atom stereocenters. The molecule has 23 heavy (non-hydrogen) atoms. The van der Waals surface area contributed by atoms with Crippen LogP contribution in [0.5, 0.6) is 5.75 Å². The first-order chi connectivity index (χ1) is 11.1. The van der Waals surface area contributed by atoms with Gasteiger partial charge in [0, 0.05) is 22.9 Å². The third-order valence-corrected chi connectivity index (χ3v) is 4.61. The second kappa shape index (κ2) is 7.09. The summed E-state index contributed by atoms with van der Waals surface area (Å²) in [6.45, 7) is 0.277. The zero-order chi connectivity index (χ0) is 16.4. The molecule has 0 radical (unpaired) electrons. The van der Waals surface area contributed by atoms with E-state index in [0.29, 0.717) is 32.2 Å². The summed E-state index contributed by atoms with van der Waals surface area (Å²) in [5.41, 5.74) is 1.43. The standard InChI is InChI=1S/C15H11Cl3N2O2S/c1-23-20-15-10-6-12(17)8(4-14(10)22-19-15)7-21-9-2-3-11(16)13(18)5-9/h2-6H,7H2,1H3,(H,19,20). The van der Waals surface area contributed by atoms with Crippen molar-refractivity contribution in [3.8, 4) is 5.75 Å². The van der Waals surface area contributed by atoms with Crippen LogP contribution in [-0.4, -0.2) is 11.4 Å². The molecule has 3 aromatic rings. The number of ether oxygens (including phenoxy) is 1. The molecule has 4 nitrogen and oxygen atoms in total. The van der Waals surface area contributed by atoms with Gasteiger partial charge in [0.2, 0.25) is 0 Å². The molecule has 0 aliphatic heterocycles. The van der Waals surface area contributed by atoms with Crippen LogP contribution in [-0.2, 0) is 6.61 Å². The largest absolute Gasteiger partial charge is 0.489 e. The van der Waals surface area contributed by atoms with Crippen molar-refractivity contribution in [2.45, 2.75) is 6.61 Å². The van der Waals surface area contributed by atoms with E-state index in [0.717, 1.165) is 10.9 Å². The molecule has 0 saturated carbocycles. The molecule has 0 aliphatic rings. The molecule has 1 aromatic heterocycles. The Balaban J connectivity index is 1.82. The molecule has 0 spiro atoms. The van der Waals surface area contributed by atoms with Crippen LogP contribution >= 0.6 is 46.8 Å². The highest BCUT2D eigenvalue weighted by Crippen LogP contribution is 2.31. The van der Waals surface area contributed by atoms with Crippen LogP contribution in [0.1, 0.15) is 5.56 Å². The van der Waals surface area contributed by atoms with E-state index in [1.165, 1.54) is 11.9 Å². The van der Waals surface area contributed by atoms with Gasteiger partial charge in [0.15, 0.2) is 11.4 Å². The molecule has 3 rings (SSSR count). The summed E-state index contributed by atoms with van der Waals surface area (Å²) >= 11 is 19.6. The Kier molecular flexibility index (Phi) is 5.11. The van der Waals surface area contributed by atoms with Gasteiger partial charge in [-0.2, -0.15) is 0 Å². The topological polar surface area (TPSA) is 47.3 Å². The van der Waals surface area contributed by atoms with Crippen molar-refractivity contribution in [2.75, 3.05) is 11.0 Å². The number of hydrogen-bond donors (Lipinski definition) is 1. The predicted octanol–water partition coefficient (Wildman–Crippen LogP) is 6.06. The van der Waals surface area contributed by atoms with Crippen LogP contribution in [0.4, 0.5) is 5.82 Å². The van der Waals surface area contributed by atoms with E-state index in [9.17, 15) is 0 Å². The molecule has 1 N–H and O–H groups in total. The molecule has 0 aliphatic carbocycles. The molecule has 120 valence electrons. The van der Waals surface area contributed by atoms with Gasteiger partial charge in [-0.25, -0.2) is 0 Å². The van der Waals surface area contributed by atoms with E-state index in [1.54, 1.807) is 24.3 Å². The van der Waals surface area contributed by atoms with Gasteiger partial charge in [-0.1, -0.05) is 51.9 Å². The second-order valence-electron chi connectivity index (χ2n) is 4.64. The third-order valence-electron chi connectivity index (χ3n) is 3.12. The van der Waals surface area contributed by atoms with Gasteiger partial charge in [0.05, 0.1) is 15.4 Å². The van der Waals surface area contributed by atoms with Crippen molar-refractivity contribution in [3.63, 3.8) is 0 Å². The maximum atomic E-state index is 6.32. The lowest BCUT2D eigenvalue weighted by Gasteiger charge is -2.08. The lowest BCUT2D eigenvalue weighted by molar-refractivity contribution is 0.306. The minimum atomic E-state index is 0.277. The van der Waals surface area contributed by atoms with E-state index in [1.807, 2.05) is 12.3 Å². The van der Waals surface area contributed by atoms with Crippen molar-refractivity contribution >= 4 is 63.5 Å². The summed E-state index contributed by atoms with van der Waals surface area (Å²) in [5.74, 6) is 1.25. The van der Waals surface area contributed by atoms with Crippen molar-refractivity contribution in [2.24, 2.45) is 0 Å². The summed E-state index contributed by atoms with van der Waals surface area (Å²) in [6, 6.07) is 8.70. The van der Waals surface area contributed by atoms with E-state index >= 15 is 0 Å². The van der Waals surface area contributed by atoms with Gasteiger partial charge >= 0.3 is 0 Å². The van der Waals surface area contributed by atoms with Crippen LogP contribution in [0.2, 0.25) is 15.1 Å². The Hall–Kier alpha value is -1.27. The average Bonchev–Trinajstić information content (AvgIpc) is 2.91. The van der Waals surface area contributed by atoms with E-state index in [2.05, 4.69) is 9.88 Å².